The molecule has 0 spiro atoms. The molecule has 30 heavy (non-hydrogen) atoms. The summed E-state index contributed by atoms with van der Waals surface area (Å²) in [4.78, 5) is 17.6. The van der Waals surface area contributed by atoms with Gasteiger partial charge in [0, 0.05) is 6.54 Å². The molecule has 0 bridgehead atoms. The number of amides is 1. The summed E-state index contributed by atoms with van der Waals surface area (Å²) in [6.45, 7) is 0.459. The zero-order chi connectivity index (χ0) is 21.3. The quantitative estimate of drug-likeness (QED) is 0.582. The number of benzene rings is 2. The molecule has 1 aliphatic heterocycles. The van der Waals surface area contributed by atoms with Crippen LogP contribution in [0.3, 0.4) is 0 Å². The maximum absolute atomic E-state index is 13.2. The van der Waals surface area contributed by atoms with Gasteiger partial charge < -0.3 is 4.57 Å². The number of sulfonamides is 1. The third-order valence-corrected chi connectivity index (χ3v) is 7.93. The average Bonchev–Trinajstić information content (AvgIpc) is 3.35. The van der Waals surface area contributed by atoms with Crippen LogP contribution in [0.25, 0.3) is 10.2 Å². The van der Waals surface area contributed by atoms with Crippen molar-refractivity contribution in [3.05, 3.63) is 59.1 Å². The molecule has 1 aliphatic rings. The molecule has 1 fully saturated rings. The zero-order valence-electron chi connectivity index (χ0n) is 15.9. The van der Waals surface area contributed by atoms with Crippen LogP contribution in [0, 0.1) is 18.2 Å². The highest BCUT2D eigenvalue weighted by atomic mass is 32.2. The number of carbonyl (C=O) groups is 1. The maximum Gasteiger partial charge on any atom is 0.266 e. The van der Waals surface area contributed by atoms with Crippen molar-refractivity contribution < 1.29 is 17.6 Å². The summed E-state index contributed by atoms with van der Waals surface area (Å²) in [6.07, 6.45) is 6.40. The van der Waals surface area contributed by atoms with E-state index in [1.807, 2.05) is 24.3 Å². The van der Waals surface area contributed by atoms with E-state index >= 15 is 0 Å². The molecule has 0 saturated carbocycles. The first-order valence-corrected chi connectivity index (χ1v) is 11.6. The molecule has 1 aromatic heterocycles. The van der Waals surface area contributed by atoms with Gasteiger partial charge in [0.2, 0.25) is 10.0 Å². The number of fused-ring (bicyclic) bond motifs is 1. The predicted octanol–water partition coefficient (Wildman–Crippen LogP) is 2.76. The van der Waals surface area contributed by atoms with E-state index in [1.54, 1.807) is 4.57 Å². The summed E-state index contributed by atoms with van der Waals surface area (Å²) in [6, 6.07) is 11.3. The molecule has 1 unspecified atom stereocenters. The number of terminal acetylenes is 1. The Morgan fingerprint density at radius 2 is 1.97 bits per heavy atom. The molecule has 0 radical (unpaired) electrons. The molecule has 1 amide bonds. The first kappa shape index (κ1) is 20.5. The smallest absolute Gasteiger partial charge is 0.266 e. The summed E-state index contributed by atoms with van der Waals surface area (Å²) in [5, 5.41) is 0. The van der Waals surface area contributed by atoms with E-state index in [0.29, 0.717) is 17.6 Å². The Bertz CT molecular complexity index is 1320. The molecular formula is C21H18FN3O3S2. The first-order chi connectivity index (χ1) is 14.4. The number of carbonyl (C=O) groups excluding carboxylic acids is 1. The SMILES string of the molecule is C#CCn1c(=NC(=O)C2CCCN2S(=O)(=O)c2ccc(F)cc2)sc2ccccc21. The summed E-state index contributed by atoms with van der Waals surface area (Å²) in [7, 11) is -3.94. The van der Waals surface area contributed by atoms with Crippen LogP contribution < -0.4 is 4.80 Å². The first-order valence-electron chi connectivity index (χ1n) is 9.29. The monoisotopic (exact) mass is 443 g/mol. The van der Waals surface area contributed by atoms with Gasteiger partial charge in [-0.3, -0.25) is 4.79 Å². The number of hydrogen-bond acceptors (Lipinski definition) is 4. The minimum atomic E-state index is -3.94. The van der Waals surface area contributed by atoms with Gasteiger partial charge in [-0.2, -0.15) is 9.30 Å². The van der Waals surface area contributed by atoms with Crippen molar-refractivity contribution in [2.75, 3.05) is 6.54 Å². The Balaban J connectivity index is 1.71. The topological polar surface area (TPSA) is 71.7 Å². The second kappa shape index (κ2) is 8.14. The molecule has 1 saturated heterocycles. The van der Waals surface area contributed by atoms with Gasteiger partial charge in [0.25, 0.3) is 5.91 Å². The number of hydrogen-bond donors (Lipinski definition) is 0. The van der Waals surface area contributed by atoms with Gasteiger partial charge in [-0.25, -0.2) is 12.8 Å². The molecule has 3 aromatic rings. The van der Waals surface area contributed by atoms with E-state index in [2.05, 4.69) is 10.9 Å². The highest BCUT2D eigenvalue weighted by Gasteiger charge is 2.39. The normalized spacial score (nSPS) is 18.0. The van der Waals surface area contributed by atoms with E-state index in [-0.39, 0.29) is 18.0 Å². The summed E-state index contributed by atoms with van der Waals surface area (Å²) >= 11 is 1.33. The van der Waals surface area contributed by atoms with Gasteiger partial charge in [0.05, 0.1) is 21.7 Å². The molecule has 6 nitrogen and oxygen atoms in total. The van der Waals surface area contributed by atoms with Gasteiger partial charge >= 0.3 is 0 Å². The zero-order valence-corrected chi connectivity index (χ0v) is 17.5. The van der Waals surface area contributed by atoms with Gasteiger partial charge in [-0.1, -0.05) is 29.4 Å². The molecule has 2 heterocycles. The van der Waals surface area contributed by atoms with Crippen molar-refractivity contribution in [1.82, 2.24) is 8.87 Å². The number of aromatic nitrogens is 1. The molecule has 4 rings (SSSR count). The van der Waals surface area contributed by atoms with Crippen LogP contribution in [-0.2, 0) is 21.4 Å². The number of rotatable bonds is 4. The fourth-order valence-electron chi connectivity index (χ4n) is 3.54. The number of halogens is 1. The number of thiazole rings is 1. The van der Waals surface area contributed by atoms with E-state index in [0.717, 1.165) is 26.7 Å². The lowest BCUT2D eigenvalue weighted by atomic mass is 10.2. The standard InChI is InChI=1S/C21H18FN3O3S2/c1-2-13-24-17-6-3-4-8-19(17)29-21(24)23-20(26)18-7-5-14-25(18)30(27,28)16-11-9-15(22)10-12-16/h1,3-4,6,8-12,18H,5,7,13-14H2. The average molecular weight is 444 g/mol. The van der Waals surface area contributed by atoms with Crippen LogP contribution in [-0.4, -0.2) is 35.8 Å². The van der Waals surface area contributed by atoms with E-state index < -0.39 is 27.8 Å². The lowest BCUT2D eigenvalue weighted by molar-refractivity contribution is -0.121. The molecule has 2 aromatic carbocycles. The van der Waals surface area contributed by atoms with Crippen LogP contribution in [0.5, 0.6) is 0 Å². The van der Waals surface area contributed by atoms with Gasteiger partial charge in [-0.05, 0) is 49.2 Å². The van der Waals surface area contributed by atoms with Crippen molar-refractivity contribution in [2.45, 2.75) is 30.3 Å². The van der Waals surface area contributed by atoms with E-state index in [4.69, 9.17) is 6.42 Å². The predicted molar refractivity (Wildman–Crippen MR) is 113 cm³/mol. The van der Waals surface area contributed by atoms with Crippen LogP contribution in [0.2, 0.25) is 0 Å². The molecule has 0 aliphatic carbocycles. The molecular weight excluding hydrogens is 425 g/mol. The van der Waals surface area contributed by atoms with Gasteiger partial charge in [0.1, 0.15) is 11.9 Å². The third-order valence-electron chi connectivity index (χ3n) is 4.95. The van der Waals surface area contributed by atoms with Crippen LogP contribution in [0.4, 0.5) is 4.39 Å². The summed E-state index contributed by atoms with van der Waals surface area (Å²) in [5.41, 5.74) is 0.870. The van der Waals surface area contributed by atoms with Gasteiger partial charge in [-0.15, -0.1) is 6.42 Å². The van der Waals surface area contributed by atoms with Crippen molar-refractivity contribution >= 4 is 37.5 Å². The van der Waals surface area contributed by atoms with Gasteiger partial charge in [0.15, 0.2) is 4.80 Å². The Hall–Kier alpha value is -2.80. The summed E-state index contributed by atoms with van der Waals surface area (Å²) in [5.74, 6) is 1.51. The Kier molecular flexibility index (Phi) is 5.56. The molecule has 154 valence electrons. The van der Waals surface area contributed by atoms with Crippen LogP contribution >= 0.6 is 11.3 Å². The second-order valence-electron chi connectivity index (χ2n) is 6.82. The highest BCUT2D eigenvalue weighted by molar-refractivity contribution is 7.89. The van der Waals surface area contributed by atoms with Crippen molar-refractivity contribution in [2.24, 2.45) is 4.99 Å². The number of nitrogens with zero attached hydrogens (tertiary/aromatic N) is 3. The largest absolute Gasteiger partial charge is 0.305 e. The van der Waals surface area contributed by atoms with Crippen LogP contribution in [0.1, 0.15) is 12.8 Å². The van der Waals surface area contributed by atoms with Crippen molar-refractivity contribution in [3.63, 3.8) is 0 Å². The maximum atomic E-state index is 13.2. The fraction of sp³-hybridized carbons (Fsp3) is 0.238. The van der Waals surface area contributed by atoms with Crippen molar-refractivity contribution in [1.29, 1.82) is 0 Å². The van der Waals surface area contributed by atoms with Crippen LogP contribution in [0.15, 0.2) is 58.4 Å². The lowest BCUT2D eigenvalue weighted by Crippen LogP contribution is -2.40. The Morgan fingerprint density at radius 1 is 1.23 bits per heavy atom. The molecule has 1 atom stereocenters. The summed E-state index contributed by atoms with van der Waals surface area (Å²) < 4.78 is 43.1. The van der Waals surface area contributed by atoms with E-state index in [1.165, 1.54) is 23.5 Å². The second-order valence-corrected chi connectivity index (χ2v) is 9.72. The molecule has 9 heteroatoms. The van der Waals surface area contributed by atoms with Crippen molar-refractivity contribution in [3.8, 4) is 12.3 Å². The fourth-order valence-corrected chi connectivity index (χ4v) is 6.22. The molecule has 0 N–H and O–H groups in total. The lowest BCUT2D eigenvalue weighted by Gasteiger charge is -2.21. The Labute approximate surface area is 177 Å². The third kappa shape index (κ3) is 3.69. The number of para-hydroxylation sites is 1. The highest BCUT2D eigenvalue weighted by Crippen LogP contribution is 2.27. The minimum Gasteiger partial charge on any atom is -0.305 e. The minimum absolute atomic E-state index is 0.0483. The Morgan fingerprint density at radius 3 is 2.70 bits per heavy atom. The van der Waals surface area contributed by atoms with E-state index in [9.17, 15) is 17.6 Å².